The molecule has 0 aliphatic heterocycles. The first-order valence-corrected chi connectivity index (χ1v) is 14.0. The summed E-state index contributed by atoms with van der Waals surface area (Å²) in [5.41, 5.74) is 1.87. The average molecular weight is 524 g/mol. The maximum absolute atomic E-state index is 13.9. The van der Waals surface area contributed by atoms with Crippen molar-refractivity contribution in [3.05, 3.63) is 34.9 Å². The average Bonchev–Trinajstić information content (AvgIpc) is 2.74. The van der Waals surface area contributed by atoms with E-state index in [4.69, 9.17) is 4.74 Å². The molecule has 36 heavy (non-hydrogen) atoms. The maximum Gasteiger partial charge on any atom is 0.408 e. The Kier molecular flexibility index (Phi) is 13.3. The molecule has 204 valence electrons. The summed E-state index contributed by atoms with van der Waals surface area (Å²) in [4.78, 5) is 41.4. The highest BCUT2D eigenvalue weighted by Gasteiger charge is 2.36. The van der Waals surface area contributed by atoms with Crippen LogP contribution in [0.4, 0.5) is 4.79 Å². The van der Waals surface area contributed by atoms with Crippen LogP contribution < -0.4 is 10.6 Å². The van der Waals surface area contributed by atoms with Gasteiger partial charge in [0, 0.05) is 12.6 Å². The van der Waals surface area contributed by atoms with Crippen LogP contribution in [0.25, 0.3) is 0 Å². The molecule has 1 rings (SSSR count). The molecule has 8 nitrogen and oxygen atoms in total. The zero-order chi connectivity index (χ0) is 27.5. The Hall–Kier alpha value is -2.26. The van der Waals surface area contributed by atoms with Gasteiger partial charge in [0.15, 0.2) is 0 Å². The van der Waals surface area contributed by atoms with Crippen LogP contribution in [-0.2, 0) is 14.3 Å². The van der Waals surface area contributed by atoms with Gasteiger partial charge >= 0.3 is 6.09 Å². The van der Waals surface area contributed by atoms with Crippen molar-refractivity contribution in [1.82, 2.24) is 15.5 Å². The second kappa shape index (κ2) is 15.1. The molecule has 0 heterocycles. The number of aryl methyl sites for hydroxylation is 2. The Bertz CT molecular complexity index is 851. The van der Waals surface area contributed by atoms with Gasteiger partial charge in [0.05, 0.1) is 6.61 Å². The number of nitrogens with one attached hydrogen (secondary N) is 2. The van der Waals surface area contributed by atoms with Crippen LogP contribution in [0, 0.1) is 13.8 Å². The van der Waals surface area contributed by atoms with E-state index in [1.54, 1.807) is 32.5 Å². The molecule has 0 bridgehead atoms. The van der Waals surface area contributed by atoms with E-state index >= 15 is 0 Å². The van der Waals surface area contributed by atoms with E-state index < -0.39 is 29.7 Å². The summed E-state index contributed by atoms with van der Waals surface area (Å²) in [5.74, 6) is -0.136. The summed E-state index contributed by atoms with van der Waals surface area (Å²) < 4.78 is 5.39. The predicted octanol–water partition coefficient (Wildman–Crippen LogP) is 4.12. The van der Waals surface area contributed by atoms with Crippen LogP contribution >= 0.6 is 11.8 Å². The zero-order valence-corrected chi connectivity index (χ0v) is 24.0. The number of aliphatic hydroxyl groups excluding tert-OH is 1. The number of amides is 3. The Balaban J connectivity index is 3.46. The SMILES string of the molecule is CCCC(C)NC(=O)C(c1cc(C)cc(C)c1)N(CCO)C(=O)C(CCSC)NC(=O)OC(C)(C)C. The van der Waals surface area contributed by atoms with Crippen LogP contribution in [0.1, 0.15) is 76.6 Å². The smallest absolute Gasteiger partial charge is 0.408 e. The van der Waals surface area contributed by atoms with Gasteiger partial charge in [-0.05, 0) is 72.0 Å². The van der Waals surface area contributed by atoms with Crippen LogP contribution in [0.15, 0.2) is 18.2 Å². The van der Waals surface area contributed by atoms with Crippen molar-refractivity contribution in [3.63, 3.8) is 0 Å². The quantitative estimate of drug-likeness (QED) is 0.359. The minimum atomic E-state index is -0.959. The lowest BCUT2D eigenvalue weighted by Crippen LogP contribution is -2.54. The summed E-state index contributed by atoms with van der Waals surface area (Å²) in [6.45, 7) is 12.7. The third kappa shape index (κ3) is 10.8. The van der Waals surface area contributed by atoms with Gasteiger partial charge in [-0.2, -0.15) is 11.8 Å². The van der Waals surface area contributed by atoms with Crippen molar-refractivity contribution in [1.29, 1.82) is 0 Å². The predicted molar refractivity (Wildman–Crippen MR) is 146 cm³/mol. The lowest BCUT2D eigenvalue weighted by molar-refractivity contribution is -0.143. The third-order valence-electron chi connectivity index (χ3n) is 5.45. The van der Waals surface area contributed by atoms with Crippen molar-refractivity contribution in [3.8, 4) is 0 Å². The first-order chi connectivity index (χ1) is 16.8. The van der Waals surface area contributed by atoms with Crippen molar-refractivity contribution >= 4 is 29.7 Å². The molecule has 0 spiro atoms. The molecular formula is C27H45N3O5S. The van der Waals surface area contributed by atoms with Gasteiger partial charge in [0.1, 0.15) is 17.7 Å². The van der Waals surface area contributed by atoms with Gasteiger partial charge in [-0.25, -0.2) is 4.79 Å². The highest BCUT2D eigenvalue weighted by atomic mass is 32.2. The number of alkyl carbamates (subject to hydrolysis) is 1. The number of carbonyl (C=O) groups excluding carboxylic acids is 3. The second-order valence-electron chi connectivity index (χ2n) is 10.3. The molecule has 3 atom stereocenters. The lowest BCUT2D eigenvalue weighted by Gasteiger charge is -2.35. The summed E-state index contributed by atoms with van der Waals surface area (Å²) in [6.07, 6.45) is 3.28. The van der Waals surface area contributed by atoms with Crippen LogP contribution in [-0.4, -0.2) is 70.8 Å². The van der Waals surface area contributed by atoms with Gasteiger partial charge in [0.25, 0.3) is 0 Å². The molecule has 0 aliphatic rings. The molecule has 3 N–H and O–H groups in total. The maximum atomic E-state index is 13.9. The summed E-state index contributed by atoms with van der Waals surface area (Å²) in [6, 6.07) is 3.83. The Labute approximate surface area is 220 Å². The summed E-state index contributed by atoms with van der Waals surface area (Å²) in [7, 11) is 0. The molecule has 0 radical (unpaired) electrons. The Morgan fingerprint density at radius 3 is 2.19 bits per heavy atom. The molecule has 1 aromatic carbocycles. The van der Waals surface area contributed by atoms with Crippen LogP contribution in [0.3, 0.4) is 0 Å². The highest BCUT2D eigenvalue weighted by molar-refractivity contribution is 7.98. The van der Waals surface area contributed by atoms with Crippen molar-refractivity contribution in [2.45, 2.75) is 91.5 Å². The van der Waals surface area contributed by atoms with Gasteiger partial charge in [0.2, 0.25) is 11.8 Å². The largest absolute Gasteiger partial charge is 0.444 e. The molecule has 0 saturated carbocycles. The minimum absolute atomic E-state index is 0.0577. The molecule has 0 fully saturated rings. The first-order valence-electron chi connectivity index (χ1n) is 12.6. The number of aliphatic hydroxyl groups is 1. The van der Waals surface area contributed by atoms with E-state index in [-0.39, 0.29) is 25.1 Å². The number of carbonyl (C=O) groups is 3. The normalized spacial score (nSPS) is 13.9. The number of ether oxygens (including phenoxy) is 1. The highest BCUT2D eigenvalue weighted by Crippen LogP contribution is 2.26. The fourth-order valence-corrected chi connectivity index (χ4v) is 4.56. The van der Waals surface area contributed by atoms with E-state index in [1.165, 1.54) is 4.90 Å². The van der Waals surface area contributed by atoms with E-state index in [2.05, 4.69) is 10.6 Å². The number of rotatable bonds is 13. The van der Waals surface area contributed by atoms with Crippen LogP contribution in [0.2, 0.25) is 0 Å². The number of thioether (sulfide) groups is 1. The zero-order valence-electron chi connectivity index (χ0n) is 23.1. The molecule has 3 amide bonds. The summed E-state index contributed by atoms with van der Waals surface area (Å²) in [5, 5.41) is 15.6. The van der Waals surface area contributed by atoms with E-state index in [1.807, 2.05) is 52.1 Å². The standard InChI is InChI=1S/C27H45N3O5S/c1-9-10-20(4)28-24(32)23(21-16-18(2)15-19(3)17-21)30(12-13-31)25(33)22(11-14-36-8)29-26(34)35-27(5,6)7/h15-17,20,22-23,31H,9-14H2,1-8H3,(H,28,32)(H,29,34). The van der Waals surface area contributed by atoms with Gasteiger partial charge in [-0.3, -0.25) is 9.59 Å². The monoisotopic (exact) mass is 523 g/mol. The van der Waals surface area contributed by atoms with Crippen LogP contribution in [0.5, 0.6) is 0 Å². The molecule has 1 aromatic rings. The molecular weight excluding hydrogens is 478 g/mol. The van der Waals surface area contributed by atoms with E-state index in [9.17, 15) is 19.5 Å². The number of hydrogen-bond donors (Lipinski definition) is 3. The van der Waals surface area contributed by atoms with E-state index in [0.29, 0.717) is 17.7 Å². The van der Waals surface area contributed by atoms with Gasteiger partial charge in [-0.15, -0.1) is 0 Å². The Morgan fingerprint density at radius 2 is 1.69 bits per heavy atom. The van der Waals surface area contributed by atoms with E-state index in [0.717, 1.165) is 24.0 Å². The van der Waals surface area contributed by atoms with Crippen molar-refractivity contribution in [2.75, 3.05) is 25.2 Å². The van der Waals surface area contributed by atoms with Crippen molar-refractivity contribution in [2.24, 2.45) is 0 Å². The minimum Gasteiger partial charge on any atom is -0.444 e. The molecule has 0 aromatic heterocycles. The van der Waals surface area contributed by atoms with Crippen molar-refractivity contribution < 1.29 is 24.2 Å². The molecule has 9 heteroatoms. The first kappa shape index (κ1) is 31.8. The topological polar surface area (TPSA) is 108 Å². The van der Waals surface area contributed by atoms with Gasteiger partial charge < -0.3 is 25.4 Å². The molecule has 0 aliphatic carbocycles. The Morgan fingerprint density at radius 1 is 1.08 bits per heavy atom. The lowest BCUT2D eigenvalue weighted by atomic mass is 9.98. The number of hydrogen-bond acceptors (Lipinski definition) is 6. The third-order valence-corrected chi connectivity index (χ3v) is 6.10. The molecule has 0 saturated heterocycles. The summed E-state index contributed by atoms with van der Waals surface area (Å²) >= 11 is 1.55. The fraction of sp³-hybridized carbons (Fsp3) is 0.667. The van der Waals surface area contributed by atoms with Gasteiger partial charge in [-0.1, -0.05) is 42.7 Å². The molecule has 3 unspecified atom stereocenters. The second-order valence-corrected chi connectivity index (χ2v) is 11.2. The fourth-order valence-electron chi connectivity index (χ4n) is 4.08. The number of benzene rings is 1. The number of nitrogens with zero attached hydrogens (tertiary/aromatic N) is 1.